The van der Waals surface area contributed by atoms with E-state index in [1.54, 1.807) is 0 Å². The molecule has 2 heterocycles. The normalized spacial score (nSPS) is 24.4. The zero-order valence-electron chi connectivity index (χ0n) is 11.9. The number of hydrogen-bond donors (Lipinski definition) is 1. The number of hydrogen-bond acceptors (Lipinski definition) is 3. The van der Waals surface area contributed by atoms with Crippen LogP contribution in [0.5, 0.6) is 0 Å². The third-order valence-corrected chi connectivity index (χ3v) is 4.64. The third-order valence-electron chi connectivity index (χ3n) is 4.14. The van der Waals surface area contributed by atoms with E-state index in [0.29, 0.717) is 12.0 Å². The summed E-state index contributed by atoms with van der Waals surface area (Å²) in [5, 5.41) is 4.70. The summed E-state index contributed by atoms with van der Waals surface area (Å²) in [6, 6.07) is 8.43. The highest BCUT2D eigenvalue weighted by atomic mass is 79.9. The van der Waals surface area contributed by atoms with Crippen molar-refractivity contribution in [1.29, 1.82) is 0 Å². The van der Waals surface area contributed by atoms with Crippen LogP contribution in [0.4, 0.5) is 0 Å². The lowest BCUT2D eigenvalue weighted by molar-refractivity contribution is 0.105. The first kappa shape index (κ1) is 14.1. The molecule has 1 N–H and O–H groups in total. The summed E-state index contributed by atoms with van der Waals surface area (Å²) in [6.45, 7) is 6.17. The molecule has 4 heteroatoms. The number of nitrogens with one attached hydrogen (secondary N) is 1. The Morgan fingerprint density at radius 3 is 3.00 bits per heavy atom. The number of rotatable bonds is 4. The van der Waals surface area contributed by atoms with Crippen LogP contribution in [-0.4, -0.2) is 19.3 Å². The summed E-state index contributed by atoms with van der Waals surface area (Å²) >= 11 is 3.49. The van der Waals surface area contributed by atoms with E-state index in [1.165, 1.54) is 0 Å². The maximum absolute atomic E-state index is 5.91. The fourth-order valence-electron chi connectivity index (χ4n) is 2.72. The highest BCUT2D eigenvalue weighted by Gasteiger charge is 2.24. The Morgan fingerprint density at radius 1 is 1.40 bits per heavy atom. The van der Waals surface area contributed by atoms with Crippen molar-refractivity contribution in [3.8, 4) is 0 Å². The first-order valence-electron chi connectivity index (χ1n) is 7.17. The molecule has 3 nitrogen and oxygen atoms in total. The fourth-order valence-corrected chi connectivity index (χ4v) is 3.10. The molecule has 0 bridgehead atoms. The van der Waals surface area contributed by atoms with Crippen molar-refractivity contribution in [1.82, 2.24) is 5.32 Å². The second-order valence-corrected chi connectivity index (χ2v) is 6.50. The zero-order chi connectivity index (χ0) is 14.1. The number of fused-ring (bicyclic) bond motifs is 1. The lowest BCUT2D eigenvalue weighted by Crippen LogP contribution is -2.28. The minimum atomic E-state index is 0.217. The first-order valence-corrected chi connectivity index (χ1v) is 7.97. The number of benzene rings is 1. The summed E-state index contributed by atoms with van der Waals surface area (Å²) in [7, 11) is 0. The van der Waals surface area contributed by atoms with Crippen LogP contribution in [0.1, 0.15) is 32.1 Å². The van der Waals surface area contributed by atoms with Crippen molar-refractivity contribution in [2.45, 2.75) is 32.4 Å². The Bertz CT molecular complexity index is 595. The third kappa shape index (κ3) is 2.92. The minimum absolute atomic E-state index is 0.217. The van der Waals surface area contributed by atoms with Crippen molar-refractivity contribution in [3.63, 3.8) is 0 Å². The first-order chi connectivity index (χ1) is 9.63. The fraction of sp³-hybridized carbons (Fsp3) is 0.500. The average Bonchev–Trinajstić information content (AvgIpc) is 3.01. The van der Waals surface area contributed by atoms with Gasteiger partial charge < -0.3 is 14.5 Å². The van der Waals surface area contributed by atoms with Gasteiger partial charge in [-0.05, 0) is 50.5 Å². The van der Waals surface area contributed by atoms with Crippen molar-refractivity contribution in [3.05, 3.63) is 34.5 Å². The van der Waals surface area contributed by atoms with E-state index in [1.807, 2.05) is 12.1 Å². The molecule has 1 aromatic heterocycles. The molecule has 1 saturated heterocycles. The maximum Gasteiger partial charge on any atom is 0.134 e. The van der Waals surface area contributed by atoms with Gasteiger partial charge in [-0.15, -0.1) is 0 Å². The highest BCUT2D eigenvalue weighted by Crippen LogP contribution is 2.27. The van der Waals surface area contributed by atoms with Gasteiger partial charge in [0, 0.05) is 23.0 Å². The van der Waals surface area contributed by atoms with Crippen molar-refractivity contribution >= 4 is 26.9 Å². The lowest BCUT2D eigenvalue weighted by Gasteiger charge is -2.17. The molecular weight excluding hydrogens is 318 g/mol. The number of furan rings is 1. The van der Waals surface area contributed by atoms with Crippen molar-refractivity contribution < 1.29 is 9.15 Å². The quantitative estimate of drug-likeness (QED) is 0.904. The van der Waals surface area contributed by atoms with Gasteiger partial charge in [0.05, 0.1) is 12.1 Å². The zero-order valence-corrected chi connectivity index (χ0v) is 13.4. The summed E-state index contributed by atoms with van der Waals surface area (Å²) in [6.07, 6.45) is 1.51. The van der Waals surface area contributed by atoms with E-state index in [9.17, 15) is 0 Å². The molecule has 0 radical (unpaired) electrons. The molecule has 1 aliphatic rings. The van der Waals surface area contributed by atoms with Crippen LogP contribution in [0.3, 0.4) is 0 Å². The van der Waals surface area contributed by atoms with Gasteiger partial charge in [-0.1, -0.05) is 15.9 Å². The average molecular weight is 338 g/mol. The lowest BCUT2D eigenvalue weighted by atomic mass is 10.0. The molecule has 0 aliphatic carbocycles. The molecule has 0 saturated carbocycles. The van der Waals surface area contributed by atoms with Crippen LogP contribution in [-0.2, 0) is 4.74 Å². The Hall–Kier alpha value is -0.840. The van der Waals surface area contributed by atoms with Crippen LogP contribution in [0, 0.1) is 5.92 Å². The van der Waals surface area contributed by atoms with E-state index in [4.69, 9.17) is 9.15 Å². The van der Waals surface area contributed by atoms with E-state index >= 15 is 0 Å². The van der Waals surface area contributed by atoms with Crippen LogP contribution in [0.15, 0.2) is 33.2 Å². The van der Waals surface area contributed by atoms with Gasteiger partial charge in [-0.3, -0.25) is 0 Å². The van der Waals surface area contributed by atoms with Crippen molar-refractivity contribution in [2.24, 2.45) is 5.92 Å². The minimum Gasteiger partial charge on any atom is -0.459 e. The Labute approximate surface area is 127 Å². The predicted molar refractivity (Wildman–Crippen MR) is 83.9 cm³/mol. The van der Waals surface area contributed by atoms with Crippen molar-refractivity contribution in [2.75, 3.05) is 13.2 Å². The van der Waals surface area contributed by atoms with E-state index in [0.717, 1.165) is 40.8 Å². The van der Waals surface area contributed by atoms with E-state index in [-0.39, 0.29) is 6.04 Å². The van der Waals surface area contributed by atoms with Gasteiger partial charge in [0.25, 0.3) is 0 Å². The summed E-state index contributed by atoms with van der Waals surface area (Å²) in [5.74, 6) is 1.60. The smallest absolute Gasteiger partial charge is 0.134 e. The molecule has 1 aromatic carbocycles. The molecule has 20 heavy (non-hydrogen) atoms. The van der Waals surface area contributed by atoms with E-state index < -0.39 is 0 Å². The molecule has 3 rings (SSSR count). The molecule has 108 valence electrons. The molecular formula is C16H20BrNO2. The van der Waals surface area contributed by atoms with Gasteiger partial charge >= 0.3 is 0 Å². The monoisotopic (exact) mass is 337 g/mol. The summed E-state index contributed by atoms with van der Waals surface area (Å²) in [4.78, 5) is 0. The number of ether oxygens (including phenoxy) is 1. The second-order valence-electron chi connectivity index (χ2n) is 5.59. The van der Waals surface area contributed by atoms with Gasteiger partial charge in [-0.2, -0.15) is 0 Å². The molecule has 1 aliphatic heterocycles. The van der Waals surface area contributed by atoms with Gasteiger partial charge in [0.2, 0.25) is 0 Å². The van der Waals surface area contributed by atoms with Gasteiger partial charge in [0.1, 0.15) is 11.3 Å². The molecule has 0 amide bonds. The van der Waals surface area contributed by atoms with Crippen LogP contribution < -0.4 is 5.32 Å². The molecule has 3 unspecified atom stereocenters. The molecule has 2 aromatic rings. The van der Waals surface area contributed by atoms with Crippen LogP contribution >= 0.6 is 15.9 Å². The van der Waals surface area contributed by atoms with Gasteiger partial charge in [0.15, 0.2) is 0 Å². The highest BCUT2D eigenvalue weighted by molar-refractivity contribution is 9.10. The molecule has 1 fully saturated rings. The maximum atomic E-state index is 5.91. The largest absolute Gasteiger partial charge is 0.459 e. The predicted octanol–water partition coefficient (Wildman–Crippen LogP) is 4.27. The second kappa shape index (κ2) is 5.88. The van der Waals surface area contributed by atoms with Gasteiger partial charge in [-0.25, -0.2) is 0 Å². The summed E-state index contributed by atoms with van der Waals surface area (Å²) in [5.41, 5.74) is 0.939. The van der Waals surface area contributed by atoms with Crippen LogP contribution in [0.25, 0.3) is 11.0 Å². The van der Waals surface area contributed by atoms with E-state index in [2.05, 4.69) is 47.2 Å². The number of halogens is 1. The molecule has 0 spiro atoms. The van der Waals surface area contributed by atoms with Crippen LogP contribution in [0.2, 0.25) is 0 Å². The molecule has 3 atom stereocenters. The Balaban J connectivity index is 1.67. The Morgan fingerprint density at radius 2 is 2.25 bits per heavy atom. The topological polar surface area (TPSA) is 34.4 Å². The SMILES string of the molecule is CC(NCC1CCOC1C)c1cc2cc(Br)ccc2o1. The Kier molecular flexibility index (Phi) is 4.15. The standard InChI is InChI=1S/C16H20BrNO2/c1-10(18-9-12-5-6-19-11(12)2)16-8-13-7-14(17)3-4-15(13)20-16/h3-4,7-8,10-12,18H,5-6,9H2,1-2H3. The summed E-state index contributed by atoms with van der Waals surface area (Å²) < 4.78 is 12.6.